The topological polar surface area (TPSA) is 118 Å². The predicted molar refractivity (Wildman–Crippen MR) is 90.7 cm³/mol. The Hall–Kier alpha value is -3.23. The lowest BCUT2D eigenvalue weighted by atomic mass is 9.85. The Morgan fingerprint density at radius 3 is 2.96 bits per heavy atom. The molecule has 0 atom stereocenters. The molecule has 3 aromatic rings. The molecule has 25 heavy (non-hydrogen) atoms. The molecule has 0 radical (unpaired) electrons. The van der Waals surface area contributed by atoms with Crippen molar-refractivity contribution in [2.24, 2.45) is 5.92 Å². The van der Waals surface area contributed by atoms with Crippen molar-refractivity contribution in [1.82, 2.24) is 25.0 Å². The summed E-state index contributed by atoms with van der Waals surface area (Å²) in [5.41, 5.74) is 2.17. The average molecular weight is 339 g/mol. The third-order valence-corrected chi connectivity index (χ3v) is 4.30. The molecular formula is C16H17N7O2. The number of fused-ring (bicyclic) bond motifs is 1. The maximum atomic E-state index is 12.2. The summed E-state index contributed by atoms with van der Waals surface area (Å²) in [6.45, 7) is -0.00684. The summed E-state index contributed by atoms with van der Waals surface area (Å²) in [7, 11) is 0. The third kappa shape index (κ3) is 3.21. The van der Waals surface area contributed by atoms with Crippen LogP contribution < -0.4 is 10.6 Å². The number of hydrogen-bond acceptors (Lipinski definition) is 5. The van der Waals surface area contributed by atoms with Crippen LogP contribution in [0, 0.1) is 5.92 Å². The molecule has 0 saturated heterocycles. The summed E-state index contributed by atoms with van der Waals surface area (Å²) in [5, 5.41) is 13.3. The molecule has 2 amide bonds. The van der Waals surface area contributed by atoms with Gasteiger partial charge in [-0.1, -0.05) is 17.7 Å². The second-order valence-electron chi connectivity index (χ2n) is 6.07. The van der Waals surface area contributed by atoms with E-state index in [0.29, 0.717) is 17.0 Å². The van der Waals surface area contributed by atoms with Crippen LogP contribution in [0.1, 0.15) is 19.3 Å². The molecule has 1 aromatic carbocycles. The number of para-hydroxylation sites is 1. The van der Waals surface area contributed by atoms with Gasteiger partial charge in [-0.25, -0.2) is 9.67 Å². The summed E-state index contributed by atoms with van der Waals surface area (Å²) >= 11 is 0. The van der Waals surface area contributed by atoms with Gasteiger partial charge >= 0.3 is 0 Å². The average Bonchev–Trinajstić information content (AvgIpc) is 3.15. The first-order chi connectivity index (χ1) is 12.2. The van der Waals surface area contributed by atoms with Gasteiger partial charge in [0.15, 0.2) is 5.82 Å². The molecule has 3 N–H and O–H groups in total. The van der Waals surface area contributed by atoms with Gasteiger partial charge in [-0.2, -0.15) is 0 Å². The van der Waals surface area contributed by atoms with E-state index in [1.54, 1.807) is 18.6 Å². The normalized spacial score (nSPS) is 14.2. The second kappa shape index (κ2) is 6.34. The largest absolute Gasteiger partial charge is 0.345 e. The molecule has 1 saturated carbocycles. The zero-order valence-electron chi connectivity index (χ0n) is 13.4. The minimum absolute atomic E-state index is 0.00684. The Balaban J connectivity index is 1.38. The molecule has 1 aliphatic rings. The van der Waals surface area contributed by atoms with E-state index in [0.717, 1.165) is 24.8 Å². The van der Waals surface area contributed by atoms with Gasteiger partial charge in [0, 0.05) is 5.92 Å². The Morgan fingerprint density at radius 1 is 1.28 bits per heavy atom. The van der Waals surface area contributed by atoms with Gasteiger partial charge in [0.25, 0.3) is 0 Å². The fourth-order valence-electron chi connectivity index (χ4n) is 2.73. The number of rotatable bonds is 5. The first kappa shape index (κ1) is 15.3. The molecule has 0 spiro atoms. The molecule has 0 unspecified atom stereocenters. The summed E-state index contributed by atoms with van der Waals surface area (Å²) in [5.74, 6) is 0.145. The molecular weight excluding hydrogens is 322 g/mol. The maximum Gasteiger partial charge on any atom is 0.246 e. The van der Waals surface area contributed by atoms with Gasteiger partial charge in [0.1, 0.15) is 12.1 Å². The number of nitrogens with one attached hydrogen (secondary N) is 3. The SMILES string of the molecule is O=C(Cn1cc(NC(=O)C2CCC2)nn1)Nc1cccc2[nH]cnc12. The van der Waals surface area contributed by atoms with Gasteiger partial charge in [0.2, 0.25) is 11.8 Å². The predicted octanol–water partition coefficient (Wildman–Crippen LogP) is 1.53. The number of imidazole rings is 1. The van der Waals surface area contributed by atoms with E-state index in [1.807, 2.05) is 12.1 Å². The Kier molecular flexibility index (Phi) is 3.88. The summed E-state index contributed by atoms with van der Waals surface area (Å²) < 4.78 is 1.39. The van der Waals surface area contributed by atoms with Crippen LogP contribution in [-0.4, -0.2) is 36.8 Å². The van der Waals surface area contributed by atoms with Crippen LogP contribution in [0.2, 0.25) is 0 Å². The van der Waals surface area contributed by atoms with Gasteiger partial charge in [-0.05, 0) is 25.0 Å². The smallest absolute Gasteiger partial charge is 0.246 e. The number of benzene rings is 1. The van der Waals surface area contributed by atoms with Crippen molar-refractivity contribution in [1.29, 1.82) is 0 Å². The zero-order valence-corrected chi connectivity index (χ0v) is 13.4. The monoisotopic (exact) mass is 339 g/mol. The van der Waals surface area contributed by atoms with E-state index in [9.17, 15) is 9.59 Å². The van der Waals surface area contributed by atoms with Crippen molar-refractivity contribution in [3.8, 4) is 0 Å². The number of carbonyl (C=O) groups is 2. The van der Waals surface area contributed by atoms with E-state index < -0.39 is 0 Å². The van der Waals surface area contributed by atoms with E-state index in [1.165, 1.54) is 4.68 Å². The van der Waals surface area contributed by atoms with E-state index in [2.05, 4.69) is 30.9 Å². The fourth-order valence-corrected chi connectivity index (χ4v) is 2.73. The lowest BCUT2D eigenvalue weighted by Gasteiger charge is -2.23. The van der Waals surface area contributed by atoms with Crippen LogP contribution in [0.5, 0.6) is 0 Å². The minimum atomic E-state index is -0.253. The number of H-pyrrole nitrogens is 1. The van der Waals surface area contributed by atoms with Crippen LogP contribution in [0.4, 0.5) is 11.5 Å². The Morgan fingerprint density at radius 2 is 2.16 bits per heavy atom. The first-order valence-electron chi connectivity index (χ1n) is 8.12. The van der Waals surface area contributed by atoms with Crippen LogP contribution in [0.3, 0.4) is 0 Å². The van der Waals surface area contributed by atoms with Gasteiger partial charge in [-0.15, -0.1) is 5.10 Å². The van der Waals surface area contributed by atoms with Crippen LogP contribution in [0.25, 0.3) is 11.0 Å². The van der Waals surface area contributed by atoms with Crippen LogP contribution >= 0.6 is 0 Å². The highest BCUT2D eigenvalue weighted by Crippen LogP contribution is 2.27. The summed E-state index contributed by atoms with van der Waals surface area (Å²) in [4.78, 5) is 31.3. The number of anilines is 2. The molecule has 4 rings (SSSR count). The van der Waals surface area contributed by atoms with Gasteiger partial charge in [-0.3, -0.25) is 9.59 Å². The molecule has 9 nitrogen and oxygen atoms in total. The summed E-state index contributed by atoms with van der Waals surface area (Å²) in [6, 6.07) is 5.50. The number of aromatic nitrogens is 5. The molecule has 0 bridgehead atoms. The second-order valence-corrected chi connectivity index (χ2v) is 6.07. The molecule has 1 aliphatic carbocycles. The number of aromatic amines is 1. The Bertz CT molecular complexity index is 925. The molecule has 2 heterocycles. The first-order valence-corrected chi connectivity index (χ1v) is 8.12. The Labute approximate surface area is 142 Å². The summed E-state index contributed by atoms with van der Waals surface area (Å²) in [6.07, 6.45) is 6.05. The third-order valence-electron chi connectivity index (χ3n) is 4.30. The number of nitrogens with zero attached hydrogens (tertiary/aromatic N) is 4. The number of hydrogen-bond donors (Lipinski definition) is 3. The van der Waals surface area contributed by atoms with Crippen molar-refractivity contribution >= 4 is 34.4 Å². The van der Waals surface area contributed by atoms with Crippen molar-refractivity contribution in [3.05, 3.63) is 30.7 Å². The number of carbonyl (C=O) groups excluding carboxylic acids is 2. The highest BCUT2D eigenvalue weighted by molar-refractivity contribution is 5.99. The van der Waals surface area contributed by atoms with Crippen LogP contribution in [-0.2, 0) is 16.1 Å². The van der Waals surface area contributed by atoms with Crippen molar-refractivity contribution in [3.63, 3.8) is 0 Å². The highest BCUT2D eigenvalue weighted by Gasteiger charge is 2.25. The molecule has 9 heteroatoms. The maximum absolute atomic E-state index is 12.2. The van der Waals surface area contributed by atoms with E-state index in [-0.39, 0.29) is 24.3 Å². The van der Waals surface area contributed by atoms with Gasteiger partial charge < -0.3 is 15.6 Å². The van der Waals surface area contributed by atoms with E-state index in [4.69, 9.17) is 0 Å². The van der Waals surface area contributed by atoms with Gasteiger partial charge in [0.05, 0.1) is 23.7 Å². The molecule has 2 aromatic heterocycles. The lowest BCUT2D eigenvalue weighted by molar-refractivity contribution is -0.122. The zero-order chi connectivity index (χ0) is 17.2. The van der Waals surface area contributed by atoms with E-state index >= 15 is 0 Å². The quantitative estimate of drug-likeness (QED) is 0.651. The highest BCUT2D eigenvalue weighted by atomic mass is 16.2. The van der Waals surface area contributed by atoms with Crippen molar-refractivity contribution in [2.75, 3.05) is 10.6 Å². The fraction of sp³-hybridized carbons (Fsp3) is 0.312. The van der Waals surface area contributed by atoms with Crippen LogP contribution in [0.15, 0.2) is 30.7 Å². The standard InChI is InChI=1S/C16H17N7O2/c24-14(19-12-6-2-5-11-15(12)18-9-17-11)8-23-7-13(21-22-23)20-16(25)10-3-1-4-10/h2,5-7,9-10H,1,3-4,8H2,(H,17,18)(H,19,24)(H,20,25). The molecule has 128 valence electrons. The van der Waals surface area contributed by atoms with Crippen molar-refractivity contribution in [2.45, 2.75) is 25.8 Å². The number of amides is 2. The molecule has 0 aliphatic heterocycles. The molecule has 1 fully saturated rings. The van der Waals surface area contributed by atoms with Crippen molar-refractivity contribution < 1.29 is 9.59 Å². The lowest BCUT2D eigenvalue weighted by Crippen LogP contribution is -2.28. The minimum Gasteiger partial charge on any atom is -0.345 e.